The van der Waals surface area contributed by atoms with E-state index < -0.39 is 23.7 Å². The van der Waals surface area contributed by atoms with E-state index in [0.717, 1.165) is 29.4 Å². The second-order valence-electron chi connectivity index (χ2n) is 7.00. The molecule has 0 radical (unpaired) electrons. The van der Waals surface area contributed by atoms with Crippen molar-refractivity contribution in [2.45, 2.75) is 51.7 Å². The van der Waals surface area contributed by atoms with E-state index in [1.807, 2.05) is 18.2 Å². The standard InChI is InChI=1S/C19H26N2O4/c1-19(2,3)25-18(23)21-16(17(22)24-4)11-7-9-14-12-13-8-5-6-10-15(13)20-14/h5-6,8,10,12,16,20H,7,9,11H2,1-4H3,(H,21,23)/t16-/m0/s1. The minimum Gasteiger partial charge on any atom is -0.467 e. The fraction of sp³-hybridized carbons (Fsp3) is 0.474. The molecule has 6 heteroatoms. The minimum absolute atomic E-state index is 0.470. The van der Waals surface area contributed by atoms with Crippen LogP contribution >= 0.6 is 0 Å². The third-order valence-corrected chi connectivity index (χ3v) is 3.70. The molecule has 0 fully saturated rings. The summed E-state index contributed by atoms with van der Waals surface area (Å²) in [5.74, 6) is -0.470. The maximum Gasteiger partial charge on any atom is 0.408 e. The monoisotopic (exact) mass is 346 g/mol. The first-order valence-electron chi connectivity index (χ1n) is 8.42. The first-order chi connectivity index (χ1) is 11.8. The number of esters is 1. The van der Waals surface area contributed by atoms with Gasteiger partial charge in [-0.1, -0.05) is 18.2 Å². The molecule has 1 aromatic heterocycles. The van der Waals surface area contributed by atoms with E-state index in [1.165, 1.54) is 7.11 Å². The number of benzene rings is 1. The van der Waals surface area contributed by atoms with Crippen molar-refractivity contribution in [2.24, 2.45) is 0 Å². The molecule has 1 heterocycles. The van der Waals surface area contributed by atoms with E-state index in [9.17, 15) is 9.59 Å². The predicted molar refractivity (Wildman–Crippen MR) is 96.4 cm³/mol. The molecule has 0 aliphatic heterocycles. The Morgan fingerprint density at radius 1 is 1.24 bits per heavy atom. The van der Waals surface area contributed by atoms with Gasteiger partial charge in [-0.25, -0.2) is 9.59 Å². The van der Waals surface area contributed by atoms with Gasteiger partial charge in [0.25, 0.3) is 0 Å². The number of aromatic nitrogens is 1. The van der Waals surface area contributed by atoms with Crippen LogP contribution < -0.4 is 5.32 Å². The van der Waals surface area contributed by atoms with Gasteiger partial charge in [0.1, 0.15) is 11.6 Å². The molecule has 0 bridgehead atoms. The number of hydrogen-bond donors (Lipinski definition) is 2. The number of rotatable bonds is 6. The summed E-state index contributed by atoms with van der Waals surface area (Å²) >= 11 is 0. The number of fused-ring (bicyclic) bond motifs is 1. The lowest BCUT2D eigenvalue weighted by atomic mass is 10.1. The highest BCUT2D eigenvalue weighted by Crippen LogP contribution is 2.17. The third-order valence-electron chi connectivity index (χ3n) is 3.70. The summed E-state index contributed by atoms with van der Waals surface area (Å²) in [6.07, 6.45) is 1.36. The molecule has 0 spiro atoms. The Bertz CT molecular complexity index is 697. The van der Waals surface area contributed by atoms with Gasteiger partial charge in [-0.2, -0.15) is 0 Å². The highest BCUT2D eigenvalue weighted by molar-refractivity contribution is 5.81. The lowest BCUT2D eigenvalue weighted by molar-refractivity contribution is -0.143. The van der Waals surface area contributed by atoms with Crippen LogP contribution in [0, 0.1) is 0 Å². The van der Waals surface area contributed by atoms with Crippen LogP contribution in [0.2, 0.25) is 0 Å². The van der Waals surface area contributed by atoms with Gasteiger partial charge in [0.2, 0.25) is 0 Å². The zero-order valence-electron chi connectivity index (χ0n) is 15.2. The molecule has 0 aliphatic rings. The van der Waals surface area contributed by atoms with Crippen molar-refractivity contribution < 1.29 is 19.1 Å². The molecule has 6 nitrogen and oxygen atoms in total. The number of aryl methyl sites for hydroxylation is 1. The summed E-state index contributed by atoms with van der Waals surface area (Å²) in [6.45, 7) is 5.32. The first-order valence-corrected chi connectivity index (χ1v) is 8.42. The largest absolute Gasteiger partial charge is 0.467 e. The van der Waals surface area contributed by atoms with Gasteiger partial charge in [-0.3, -0.25) is 0 Å². The summed E-state index contributed by atoms with van der Waals surface area (Å²) in [6, 6.07) is 9.45. The van der Waals surface area contributed by atoms with Crippen molar-refractivity contribution in [3.8, 4) is 0 Å². The number of amides is 1. The smallest absolute Gasteiger partial charge is 0.408 e. The van der Waals surface area contributed by atoms with E-state index >= 15 is 0 Å². The molecule has 25 heavy (non-hydrogen) atoms. The van der Waals surface area contributed by atoms with Gasteiger partial charge in [0, 0.05) is 11.2 Å². The van der Waals surface area contributed by atoms with Crippen molar-refractivity contribution in [3.63, 3.8) is 0 Å². The van der Waals surface area contributed by atoms with Crippen LogP contribution in [0.15, 0.2) is 30.3 Å². The summed E-state index contributed by atoms with van der Waals surface area (Å²) in [4.78, 5) is 27.1. The van der Waals surface area contributed by atoms with Crippen LogP contribution in [0.5, 0.6) is 0 Å². The predicted octanol–water partition coefficient (Wildman–Crippen LogP) is 3.56. The number of carbonyl (C=O) groups excluding carboxylic acids is 2. The van der Waals surface area contributed by atoms with Gasteiger partial charge in [0.15, 0.2) is 0 Å². The molecule has 1 amide bonds. The van der Waals surface area contributed by atoms with E-state index in [-0.39, 0.29) is 0 Å². The number of ether oxygens (including phenoxy) is 2. The summed E-state index contributed by atoms with van der Waals surface area (Å²) in [5, 5.41) is 3.75. The Balaban J connectivity index is 1.91. The van der Waals surface area contributed by atoms with Gasteiger partial charge < -0.3 is 19.8 Å². The van der Waals surface area contributed by atoms with Crippen molar-refractivity contribution in [1.82, 2.24) is 10.3 Å². The van der Waals surface area contributed by atoms with E-state index in [2.05, 4.69) is 22.4 Å². The number of hydrogen-bond acceptors (Lipinski definition) is 4. The zero-order valence-corrected chi connectivity index (χ0v) is 15.2. The maximum atomic E-state index is 11.9. The second kappa shape index (κ2) is 8.05. The Hall–Kier alpha value is -2.50. The first kappa shape index (κ1) is 18.8. The number of carbonyl (C=O) groups is 2. The van der Waals surface area contributed by atoms with Crippen LogP contribution in [0.1, 0.15) is 39.3 Å². The molecule has 136 valence electrons. The van der Waals surface area contributed by atoms with Crippen molar-refractivity contribution in [1.29, 1.82) is 0 Å². The quantitative estimate of drug-likeness (QED) is 0.784. The molecule has 2 N–H and O–H groups in total. The number of alkyl carbamates (subject to hydrolysis) is 1. The van der Waals surface area contributed by atoms with Crippen LogP contribution in [0.3, 0.4) is 0 Å². The molecule has 0 unspecified atom stereocenters. The lowest BCUT2D eigenvalue weighted by Crippen LogP contribution is -2.44. The maximum absolute atomic E-state index is 11.9. The topological polar surface area (TPSA) is 80.4 Å². The van der Waals surface area contributed by atoms with Crippen molar-refractivity contribution in [2.75, 3.05) is 7.11 Å². The number of methoxy groups -OCH3 is 1. The molecule has 1 atom stereocenters. The zero-order chi connectivity index (χ0) is 18.4. The summed E-state index contributed by atoms with van der Waals surface area (Å²) in [5.41, 5.74) is 1.57. The number of nitrogens with one attached hydrogen (secondary N) is 2. The van der Waals surface area contributed by atoms with Gasteiger partial charge in [-0.05, 0) is 57.6 Å². The normalized spacial score (nSPS) is 12.6. The van der Waals surface area contributed by atoms with E-state index in [0.29, 0.717) is 6.42 Å². The highest BCUT2D eigenvalue weighted by Gasteiger charge is 2.24. The fourth-order valence-electron chi connectivity index (χ4n) is 2.61. The molecule has 2 rings (SSSR count). The second-order valence-corrected chi connectivity index (χ2v) is 7.00. The van der Waals surface area contributed by atoms with Crippen LogP contribution in [0.25, 0.3) is 10.9 Å². The molecule has 0 saturated heterocycles. The Morgan fingerprint density at radius 3 is 2.60 bits per heavy atom. The summed E-state index contributed by atoms with van der Waals surface area (Å²) < 4.78 is 9.98. The molecule has 0 aliphatic carbocycles. The number of aromatic amines is 1. The van der Waals surface area contributed by atoms with Crippen molar-refractivity contribution in [3.05, 3.63) is 36.0 Å². The molecule has 1 aromatic carbocycles. The van der Waals surface area contributed by atoms with E-state index in [1.54, 1.807) is 20.8 Å². The average molecular weight is 346 g/mol. The number of H-pyrrole nitrogens is 1. The third kappa shape index (κ3) is 5.81. The summed E-state index contributed by atoms with van der Waals surface area (Å²) in [7, 11) is 1.31. The van der Waals surface area contributed by atoms with Gasteiger partial charge in [0.05, 0.1) is 7.11 Å². The average Bonchev–Trinajstić information content (AvgIpc) is 2.94. The fourth-order valence-corrected chi connectivity index (χ4v) is 2.61. The molecular weight excluding hydrogens is 320 g/mol. The Labute approximate surface area is 147 Å². The molecule has 0 saturated carbocycles. The Morgan fingerprint density at radius 2 is 1.96 bits per heavy atom. The SMILES string of the molecule is COC(=O)[C@H](CCCc1cc2ccccc2[nH]1)NC(=O)OC(C)(C)C. The van der Waals surface area contributed by atoms with Crippen LogP contribution in [0.4, 0.5) is 4.79 Å². The highest BCUT2D eigenvalue weighted by atomic mass is 16.6. The minimum atomic E-state index is -0.718. The van der Waals surface area contributed by atoms with Crippen LogP contribution in [-0.4, -0.2) is 35.8 Å². The van der Waals surface area contributed by atoms with Gasteiger partial charge >= 0.3 is 12.1 Å². The van der Waals surface area contributed by atoms with E-state index in [4.69, 9.17) is 9.47 Å². The number of para-hydroxylation sites is 1. The lowest BCUT2D eigenvalue weighted by Gasteiger charge is -2.22. The van der Waals surface area contributed by atoms with Crippen LogP contribution in [-0.2, 0) is 20.7 Å². The molecule has 2 aromatic rings. The molecular formula is C19H26N2O4. The Kier molecular flexibility index (Phi) is 6.07. The van der Waals surface area contributed by atoms with Gasteiger partial charge in [-0.15, -0.1) is 0 Å². The van der Waals surface area contributed by atoms with Crippen molar-refractivity contribution >= 4 is 23.0 Å².